The number of nitrogens with zero attached hydrogens (tertiary/aromatic N) is 3. The monoisotopic (exact) mass is 391 g/mol. The molecule has 4 rings (SSSR count). The molecule has 1 aliphatic rings. The number of ether oxygens (including phenoxy) is 1. The summed E-state index contributed by atoms with van der Waals surface area (Å²) in [4.78, 5) is 54.3. The number of imide groups is 1. The van der Waals surface area contributed by atoms with Gasteiger partial charge in [-0.05, 0) is 30.7 Å². The van der Waals surface area contributed by atoms with Crippen molar-refractivity contribution in [2.75, 3.05) is 13.2 Å². The van der Waals surface area contributed by atoms with Crippen LogP contribution in [0.1, 0.15) is 27.1 Å². The van der Waals surface area contributed by atoms with E-state index >= 15 is 0 Å². The lowest BCUT2D eigenvalue weighted by atomic mass is 10.1. The molecule has 0 N–H and O–H groups in total. The molecule has 0 bridgehead atoms. The fourth-order valence-corrected chi connectivity index (χ4v) is 3.25. The van der Waals surface area contributed by atoms with Crippen molar-refractivity contribution in [2.45, 2.75) is 13.0 Å². The number of hydrogen-bond acceptors (Lipinski definition) is 6. The highest BCUT2D eigenvalue weighted by Crippen LogP contribution is 2.22. The van der Waals surface area contributed by atoms with Crippen LogP contribution in [0, 0.1) is 0 Å². The van der Waals surface area contributed by atoms with Gasteiger partial charge in [0.1, 0.15) is 6.54 Å². The van der Waals surface area contributed by atoms with Crippen molar-refractivity contribution in [3.05, 3.63) is 76.3 Å². The fourth-order valence-electron chi connectivity index (χ4n) is 3.25. The van der Waals surface area contributed by atoms with Crippen LogP contribution < -0.4 is 5.56 Å². The molecule has 1 aliphatic heterocycles. The van der Waals surface area contributed by atoms with Crippen LogP contribution in [0.15, 0.2) is 59.7 Å². The zero-order valence-electron chi connectivity index (χ0n) is 15.4. The molecule has 0 spiro atoms. The Bertz CT molecular complexity index is 1150. The lowest BCUT2D eigenvalue weighted by Gasteiger charge is -2.13. The Kier molecular flexibility index (Phi) is 4.90. The van der Waals surface area contributed by atoms with Crippen LogP contribution in [-0.4, -0.2) is 45.4 Å². The number of hydrogen-bond donors (Lipinski definition) is 0. The van der Waals surface area contributed by atoms with E-state index in [0.29, 0.717) is 28.5 Å². The molecule has 146 valence electrons. The number of para-hydroxylation sites is 1. The average molecular weight is 391 g/mol. The summed E-state index contributed by atoms with van der Waals surface area (Å²) in [6.45, 7) is -0.0806. The Morgan fingerprint density at radius 2 is 1.59 bits per heavy atom. The Morgan fingerprint density at radius 1 is 0.931 bits per heavy atom. The normalized spacial score (nSPS) is 13.0. The van der Waals surface area contributed by atoms with E-state index in [0.717, 1.165) is 4.90 Å². The molecule has 0 saturated heterocycles. The highest BCUT2D eigenvalue weighted by molar-refractivity contribution is 6.21. The third-order valence-corrected chi connectivity index (χ3v) is 4.70. The maximum Gasteiger partial charge on any atom is 0.326 e. The number of fused-ring (bicyclic) bond motifs is 2. The maximum absolute atomic E-state index is 12.4. The molecule has 0 atom stereocenters. The summed E-state index contributed by atoms with van der Waals surface area (Å²) in [7, 11) is 0. The van der Waals surface area contributed by atoms with Crippen LogP contribution in [0.5, 0.6) is 0 Å². The lowest BCUT2D eigenvalue weighted by Crippen LogP contribution is -2.31. The predicted molar refractivity (Wildman–Crippen MR) is 103 cm³/mol. The Hall–Kier alpha value is -3.81. The van der Waals surface area contributed by atoms with Crippen LogP contribution in [0.3, 0.4) is 0 Å². The zero-order chi connectivity index (χ0) is 20.4. The first-order valence-electron chi connectivity index (χ1n) is 9.11. The van der Waals surface area contributed by atoms with E-state index in [1.54, 1.807) is 48.5 Å². The number of benzene rings is 2. The molecule has 0 saturated carbocycles. The fraction of sp³-hybridized carbons (Fsp3) is 0.190. The molecule has 29 heavy (non-hydrogen) atoms. The van der Waals surface area contributed by atoms with E-state index in [9.17, 15) is 19.2 Å². The number of aromatic nitrogens is 2. The van der Waals surface area contributed by atoms with Gasteiger partial charge in [-0.2, -0.15) is 0 Å². The maximum atomic E-state index is 12.4. The van der Waals surface area contributed by atoms with Gasteiger partial charge in [0.2, 0.25) is 0 Å². The summed E-state index contributed by atoms with van der Waals surface area (Å²) in [5, 5.41) is 0.424. The third kappa shape index (κ3) is 3.52. The second-order valence-corrected chi connectivity index (χ2v) is 6.58. The second-order valence-electron chi connectivity index (χ2n) is 6.58. The zero-order valence-corrected chi connectivity index (χ0v) is 15.4. The van der Waals surface area contributed by atoms with Gasteiger partial charge in [0.25, 0.3) is 17.4 Å². The van der Waals surface area contributed by atoms with Crippen LogP contribution in [0.4, 0.5) is 0 Å². The predicted octanol–water partition coefficient (Wildman–Crippen LogP) is 1.63. The summed E-state index contributed by atoms with van der Waals surface area (Å²) in [5.41, 5.74) is 1.01. The average Bonchev–Trinajstić information content (AvgIpc) is 2.98. The van der Waals surface area contributed by atoms with E-state index in [1.165, 1.54) is 10.9 Å². The topological polar surface area (TPSA) is 98.6 Å². The number of rotatable bonds is 6. The molecule has 0 fully saturated rings. The van der Waals surface area contributed by atoms with Crippen molar-refractivity contribution in [2.24, 2.45) is 0 Å². The van der Waals surface area contributed by atoms with Crippen LogP contribution in [0.2, 0.25) is 0 Å². The quantitative estimate of drug-likeness (QED) is 0.360. The van der Waals surface area contributed by atoms with Gasteiger partial charge >= 0.3 is 5.97 Å². The van der Waals surface area contributed by atoms with Gasteiger partial charge < -0.3 is 4.74 Å². The van der Waals surface area contributed by atoms with Crippen LogP contribution in [0.25, 0.3) is 10.9 Å². The first-order chi connectivity index (χ1) is 14.1. The van der Waals surface area contributed by atoms with E-state index in [4.69, 9.17) is 4.74 Å². The first-order valence-corrected chi connectivity index (χ1v) is 9.11. The van der Waals surface area contributed by atoms with Gasteiger partial charge in [0.15, 0.2) is 0 Å². The van der Waals surface area contributed by atoms with E-state index in [-0.39, 0.29) is 37.1 Å². The van der Waals surface area contributed by atoms with E-state index in [2.05, 4.69) is 4.98 Å². The van der Waals surface area contributed by atoms with Gasteiger partial charge in [0.05, 0.1) is 35.0 Å². The van der Waals surface area contributed by atoms with Crippen molar-refractivity contribution in [3.8, 4) is 0 Å². The number of esters is 1. The van der Waals surface area contributed by atoms with Gasteiger partial charge in [-0.15, -0.1) is 0 Å². The molecule has 8 nitrogen and oxygen atoms in total. The van der Waals surface area contributed by atoms with Crippen molar-refractivity contribution >= 4 is 28.7 Å². The molecule has 2 heterocycles. The van der Waals surface area contributed by atoms with Gasteiger partial charge in [0, 0.05) is 6.54 Å². The van der Waals surface area contributed by atoms with Crippen molar-refractivity contribution in [3.63, 3.8) is 0 Å². The van der Waals surface area contributed by atoms with Crippen molar-refractivity contribution in [1.29, 1.82) is 0 Å². The summed E-state index contributed by atoms with van der Waals surface area (Å²) in [6.07, 6.45) is 1.62. The number of carbonyl (C=O) groups is 3. The molecule has 0 radical (unpaired) electrons. The Labute approximate surface area is 165 Å². The molecular formula is C21H17N3O5. The molecular weight excluding hydrogens is 374 g/mol. The number of carbonyl (C=O) groups excluding carboxylic acids is 3. The standard InChI is InChI=1S/C21H17N3O5/c25-18(12-23-13-22-17-9-4-3-8-16(17)19(23)26)29-11-5-10-24-20(27)14-6-1-2-7-15(14)21(24)28/h1-4,6-9,13H,5,10-12H2. The molecule has 0 unspecified atom stereocenters. The molecule has 0 aliphatic carbocycles. The first kappa shape index (κ1) is 18.5. The van der Waals surface area contributed by atoms with Gasteiger partial charge in [-0.3, -0.25) is 28.6 Å². The minimum absolute atomic E-state index is 0.0298. The Morgan fingerprint density at radius 3 is 2.31 bits per heavy atom. The third-order valence-electron chi connectivity index (χ3n) is 4.70. The highest BCUT2D eigenvalue weighted by Gasteiger charge is 2.34. The van der Waals surface area contributed by atoms with E-state index < -0.39 is 5.97 Å². The summed E-state index contributed by atoms with van der Waals surface area (Å²) < 4.78 is 6.33. The van der Waals surface area contributed by atoms with Crippen LogP contribution >= 0.6 is 0 Å². The lowest BCUT2D eigenvalue weighted by molar-refractivity contribution is -0.144. The number of amides is 2. The molecule has 2 amide bonds. The smallest absolute Gasteiger partial charge is 0.326 e. The largest absolute Gasteiger partial charge is 0.464 e. The molecule has 2 aromatic carbocycles. The SMILES string of the molecule is O=C(Cn1cnc2ccccc2c1=O)OCCCN1C(=O)c2ccccc2C1=O. The van der Waals surface area contributed by atoms with Crippen molar-refractivity contribution < 1.29 is 19.1 Å². The van der Waals surface area contributed by atoms with Gasteiger partial charge in [-0.25, -0.2) is 4.98 Å². The molecule has 3 aromatic rings. The summed E-state index contributed by atoms with van der Waals surface area (Å²) in [6, 6.07) is 13.5. The molecule has 8 heteroatoms. The Balaban J connectivity index is 1.30. The molecule has 1 aromatic heterocycles. The minimum Gasteiger partial charge on any atom is -0.464 e. The van der Waals surface area contributed by atoms with Crippen LogP contribution in [-0.2, 0) is 16.1 Å². The highest BCUT2D eigenvalue weighted by atomic mass is 16.5. The summed E-state index contributed by atoms with van der Waals surface area (Å²) in [5.74, 6) is -1.28. The summed E-state index contributed by atoms with van der Waals surface area (Å²) >= 11 is 0. The second kappa shape index (κ2) is 7.67. The van der Waals surface area contributed by atoms with E-state index in [1.807, 2.05) is 0 Å². The minimum atomic E-state index is -0.591. The van der Waals surface area contributed by atoms with Crippen molar-refractivity contribution in [1.82, 2.24) is 14.5 Å². The van der Waals surface area contributed by atoms with Gasteiger partial charge in [-0.1, -0.05) is 24.3 Å².